The van der Waals surface area contributed by atoms with Gasteiger partial charge in [0.25, 0.3) is 5.91 Å². The number of aryl methyl sites for hydroxylation is 2. The van der Waals surface area contributed by atoms with E-state index in [9.17, 15) is 9.18 Å². The summed E-state index contributed by atoms with van der Waals surface area (Å²) in [5, 5.41) is 15.8. The minimum Gasteiger partial charge on any atom is -0.395 e. The minimum absolute atomic E-state index is 0.0151. The van der Waals surface area contributed by atoms with Gasteiger partial charge in [0, 0.05) is 12.1 Å². The summed E-state index contributed by atoms with van der Waals surface area (Å²) < 4.78 is 14.9. The maximum Gasteiger partial charge on any atom is 0.291 e. The average Bonchev–Trinajstić information content (AvgIpc) is 3.07. The van der Waals surface area contributed by atoms with E-state index in [0.29, 0.717) is 11.4 Å². The van der Waals surface area contributed by atoms with Crippen molar-refractivity contribution >= 4 is 5.91 Å². The molecule has 1 heterocycles. The Morgan fingerprint density at radius 3 is 2.62 bits per heavy atom. The molecule has 0 aliphatic rings. The number of halogens is 1. The molecule has 0 bridgehead atoms. The Bertz CT molecular complexity index is 935. The van der Waals surface area contributed by atoms with Gasteiger partial charge in [-0.05, 0) is 55.3 Å². The highest BCUT2D eigenvalue weighted by molar-refractivity contribution is 5.91. The van der Waals surface area contributed by atoms with E-state index in [1.807, 2.05) is 32.0 Å². The van der Waals surface area contributed by atoms with Gasteiger partial charge >= 0.3 is 0 Å². The summed E-state index contributed by atoms with van der Waals surface area (Å²) in [6, 6.07) is 11.8. The Balaban J connectivity index is 2.14. The molecular weight excluding hydrogens is 335 g/mol. The second kappa shape index (κ2) is 7.45. The lowest BCUT2D eigenvalue weighted by Gasteiger charge is -2.10. The van der Waals surface area contributed by atoms with Crippen molar-refractivity contribution in [1.82, 2.24) is 20.1 Å². The van der Waals surface area contributed by atoms with Crippen molar-refractivity contribution in [2.75, 3.05) is 13.2 Å². The van der Waals surface area contributed by atoms with Crippen LogP contribution < -0.4 is 5.32 Å². The predicted molar refractivity (Wildman–Crippen MR) is 95.6 cm³/mol. The first-order valence-corrected chi connectivity index (χ1v) is 8.19. The van der Waals surface area contributed by atoms with Crippen molar-refractivity contribution in [2.45, 2.75) is 13.8 Å². The standard InChI is InChI=1S/C19H19FN4O2/c1-12-3-4-13(2)16(11-12)24-18(14-5-7-15(20)8-6-14)22-17(23-24)19(26)21-9-10-25/h3-8,11,25H,9-10H2,1-2H3,(H,21,26). The molecular formula is C19H19FN4O2. The molecule has 6 nitrogen and oxygen atoms in total. The molecule has 1 aromatic heterocycles. The third-order valence-electron chi connectivity index (χ3n) is 3.90. The molecule has 0 aliphatic heterocycles. The number of aromatic nitrogens is 3. The third-order valence-corrected chi connectivity index (χ3v) is 3.90. The quantitative estimate of drug-likeness (QED) is 0.737. The Labute approximate surface area is 150 Å². The number of nitrogens with one attached hydrogen (secondary N) is 1. The van der Waals surface area contributed by atoms with Crippen molar-refractivity contribution in [1.29, 1.82) is 0 Å². The molecule has 2 aromatic carbocycles. The van der Waals surface area contributed by atoms with E-state index in [-0.39, 0.29) is 24.8 Å². The van der Waals surface area contributed by atoms with Crippen LogP contribution in [0.1, 0.15) is 21.7 Å². The van der Waals surface area contributed by atoms with Crippen LogP contribution in [0.3, 0.4) is 0 Å². The fraction of sp³-hybridized carbons (Fsp3) is 0.211. The van der Waals surface area contributed by atoms with Crippen LogP contribution in [0.25, 0.3) is 17.1 Å². The Morgan fingerprint density at radius 2 is 1.92 bits per heavy atom. The van der Waals surface area contributed by atoms with Crippen LogP contribution in [0.2, 0.25) is 0 Å². The van der Waals surface area contributed by atoms with E-state index in [2.05, 4.69) is 15.4 Å². The van der Waals surface area contributed by atoms with Crippen LogP contribution in [-0.4, -0.2) is 38.9 Å². The van der Waals surface area contributed by atoms with Gasteiger partial charge in [-0.1, -0.05) is 12.1 Å². The van der Waals surface area contributed by atoms with Gasteiger partial charge in [0.1, 0.15) is 5.82 Å². The van der Waals surface area contributed by atoms with E-state index in [4.69, 9.17) is 5.11 Å². The van der Waals surface area contributed by atoms with Gasteiger partial charge in [-0.15, -0.1) is 5.10 Å². The zero-order valence-electron chi connectivity index (χ0n) is 14.5. The second-order valence-corrected chi connectivity index (χ2v) is 5.95. The highest BCUT2D eigenvalue weighted by Gasteiger charge is 2.19. The van der Waals surface area contributed by atoms with Crippen LogP contribution in [0.4, 0.5) is 4.39 Å². The van der Waals surface area contributed by atoms with Crippen LogP contribution in [0.5, 0.6) is 0 Å². The Hall–Kier alpha value is -3.06. The van der Waals surface area contributed by atoms with Crippen molar-refractivity contribution in [3.63, 3.8) is 0 Å². The summed E-state index contributed by atoms with van der Waals surface area (Å²) in [5.74, 6) is -0.412. The molecule has 0 saturated carbocycles. The van der Waals surface area contributed by atoms with Gasteiger partial charge in [0.2, 0.25) is 5.82 Å². The van der Waals surface area contributed by atoms with Gasteiger partial charge < -0.3 is 10.4 Å². The van der Waals surface area contributed by atoms with Crippen molar-refractivity contribution < 1.29 is 14.3 Å². The van der Waals surface area contributed by atoms with E-state index in [1.165, 1.54) is 12.1 Å². The molecule has 0 unspecified atom stereocenters. The summed E-state index contributed by atoms with van der Waals surface area (Å²) in [6.07, 6.45) is 0. The number of aliphatic hydroxyl groups is 1. The lowest BCUT2D eigenvalue weighted by atomic mass is 10.1. The number of hydrogen-bond acceptors (Lipinski definition) is 4. The molecule has 3 rings (SSSR count). The zero-order valence-corrected chi connectivity index (χ0v) is 14.5. The summed E-state index contributed by atoms with van der Waals surface area (Å²) in [7, 11) is 0. The van der Waals surface area contributed by atoms with Crippen LogP contribution in [0.15, 0.2) is 42.5 Å². The molecule has 0 atom stereocenters. The molecule has 134 valence electrons. The van der Waals surface area contributed by atoms with Crippen LogP contribution >= 0.6 is 0 Å². The summed E-state index contributed by atoms with van der Waals surface area (Å²) in [5.41, 5.74) is 3.43. The zero-order chi connectivity index (χ0) is 18.7. The minimum atomic E-state index is -0.480. The number of amides is 1. The first-order valence-electron chi connectivity index (χ1n) is 8.19. The number of carbonyl (C=O) groups is 1. The van der Waals surface area contributed by atoms with Gasteiger partial charge in [0.05, 0.1) is 12.3 Å². The molecule has 0 aliphatic carbocycles. The SMILES string of the molecule is Cc1ccc(C)c(-n2nc(C(=O)NCCO)nc2-c2ccc(F)cc2)c1. The van der Waals surface area contributed by atoms with Crippen LogP contribution in [-0.2, 0) is 0 Å². The van der Waals surface area contributed by atoms with Gasteiger partial charge in [-0.3, -0.25) is 4.79 Å². The van der Waals surface area contributed by atoms with Crippen molar-refractivity contribution in [3.05, 3.63) is 65.2 Å². The molecule has 7 heteroatoms. The van der Waals surface area contributed by atoms with Crippen molar-refractivity contribution in [3.8, 4) is 17.1 Å². The summed E-state index contributed by atoms with van der Waals surface area (Å²) in [4.78, 5) is 16.6. The van der Waals surface area contributed by atoms with E-state index in [1.54, 1.807) is 16.8 Å². The monoisotopic (exact) mass is 354 g/mol. The van der Waals surface area contributed by atoms with Gasteiger partial charge in [-0.25, -0.2) is 14.1 Å². The Kier molecular flexibility index (Phi) is 5.09. The fourth-order valence-corrected chi connectivity index (χ4v) is 2.56. The molecule has 1 amide bonds. The summed E-state index contributed by atoms with van der Waals surface area (Å²) in [6.45, 7) is 3.85. The predicted octanol–water partition coefficient (Wildman–Crippen LogP) is 2.41. The van der Waals surface area contributed by atoms with E-state index >= 15 is 0 Å². The number of carbonyl (C=O) groups excluding carboxylic acids is 1. The van der Waals surface area contributed by atoms with E-state index < -0.39 is 5.91 Å². The first kappa shape index (κ1) is 17.8. The van der Waals surface area contributed by atoms with Gasteiger partial charge in [-0.2, -0.15) is 0 Å². The molecule has 0 saturated heterocycles. The topological polar surface area (TPSA) is 80.0 Å². The third kappa shape index (κ3) is 3.62. The van der Waals surface area contributed by atoms with Crippen molar-refractivity contribution in [2.24, 2.45) is 0 Å². The van der Waals surface area contributed by atoms with Crippen LogP contribution in [0, 0.1) is 19.7 Å². The Morgan fingerprint density at radius 1 is 1.19 bits per heavy atom. The number of benzene rings is 2. The lowest BCUT2D eigenvalue weighted by Crippen LogP contribution is -2.27. The average molecular weight is 354 g/mol. The first-order chi connectivity index (χ1) is 12.5. The number of rotatable bonds is 5. The number of nitrogens with zero attached hydrogens (tertiary/aromatic N) is 3. The number of aliphatic hydroxyl groups excluding tert-OH is 1. The molecule has 0 fully saturated rings. The molecule has 3 aromatic rings. The second-order valence-electron chi connectivity index (χ2n) is 5.95. The molecule has 26 heavy (non-hydrogen) atoms. The van der Waals surface area contributed by atoms with E-state index in [0.717, 1.165) is 16.8 Å². The largest absolute Gasteiger partial charge is 0.395 e. The highest BCUT2D eigenvalue weighted by atomic mass is 19.1. The maximum atomic E-state index is 13.3. The normalized spacial score (nSPS) is 10.8. The molecule has 2 N–H and O–H groups in total. The lowest BCUT2D eigenvalue weighted by molar-refractivity contribution is 0.0934. The molecule has 0 spiro atoms. The summed E-state index contributed by atoms with van der Waals surface area (Å²) >= 11 is 0. The number of hydrogen-bond donors (Lipinski definition) is 2. The highest BCUT2D eigenvalue weighted by Crippen LogP contribution is 2.24. The smallest absolute Gasteiger partial charge is 0.291 e. The maximum absolute atomic E-state index is 13.3. The fourth-order valence-electron chi connectivity index (χ4n) is 2.56. The van der Waals surface area contributed by atoms with Gasteiger partial charge in [0.15, 0.2) is 5.82 Å². The molecule has 0 radical (unpaired) electrons.